The third-order valence-corrected chi connectivity index (χ3v) is 7.60. The van der Waals surface area contributed by atoms with Crippen molar-refractivity contribution in [3.8, 4) is 17.2 Å². The van der Waals surface area contributed by atoms with E-state index < -0.39 is 0 Å². The number of nitrogens with zero attached hydrogens (tertiary/aromatic N) is 1. The number of ether oxygens (including phenoxy) is 4. The van der Waals surface area contributed by atoms with Gasteiger partial charge < -0.3 is 29.2 Å². The molecule has 4 rings (SSSR count). The van der Waals surface area contributed by atoms with Gasteiger partial charge in [-0.05, 0) is 97.1 Å². The number of hydrogen-bond donors (Lipinski definition) is 1. The molecule has 0 radical (unpaired) electrons. The molecule has 0 saturated heterocycles. The second kappa shape index (κ2) is 13.5. The van der Waals surface area contributed by atoms with Crippen molar-refractivity contribution in [1.29, 1.82) is 0 Å². The Morgan fingerprint density at radius 3 is 2.23 bits per heavy atom. The van der Waals surface area contributed by atoms with Gasteiger partial charge in [-0.25, -0.2) is 4.79 Å². The molecule has 7 nitrogen and oxygen atoms in total. The van der Waals surface area contributed by atoms with Gasteiger partial charge in [0.2, 0.25) is 0 Å². The van der Waals surface area contributed by atoms with Crippen LogP contribution in [0.5, 0.6) is 17.2 Å². The Morgan fingerprint density at radius 1 is 0.975 bits per heavy atom. The molecule has 1 aliphatic rings. The molecule has 0 saturated carbocycles. The summed E-state index contributed by atoms with van der Waals surface area (Å²) < 4.78 is 22.6. The van der Waals surface area contributed by atoms with Crippen molar-refractivity contribution < 1.29 is 23.7 Å². The second-order valence-corrected chi connectivity index (χ2v) is 9.90. The standard InChI is InChI=1S/C32H38N2O5S/c1-6-21-10-9-11-22(7-2)30(21)33-32(40)34-17-16-24-18-28(36-4)29(37-5)19-26(24)27(34)20-39-25-14-12-23(13-15-25)31(35)38-8-3/h9-15,18-19,27H,6-8,16-17,20H2,1-5H3,(H,33,40)/t27-/m1/s1. The van der Waals surface area contributed by atoms with Crippen molar-refractivity contribution in [3.05, 3.63) is 82.4 Å². The quantitative estimate of drug-likeness (QED) is 0.226. The molecule has 1 atom stereocenters. The highest BCUT2D eigenvalue weighted by Gasteiger charge is 2.32. The van der Waals surface area contributed by atoms with Crippen LogP contribution in [0.3, 0.4) is 0 Å². The number of carbonyl (C=O) groups excluding carboxylic acids is 1. The summed E-state index contributed by atoms with van der Waals surface area (Å²) in [6.45, 7) is 7.50. The van der Waals surface area contributed by atoms with Crippen LogP contribution in [-0.2, 0) is 24.0 Å². The molecule has 40 heavy (non-hydrogen) atoms. The smallest absolute Gasteiger partial charge is 0.338 e. The lowest BCUT2D eigenvalue weighted by molar-refractivity contribution is 0.0526. The van der Waals surface area contributed by atoms with Gasteiger partial charge in [0, 0.05) is 12.2 Å². The van der Waals surface area contributed by atoms with E-state index in [1.165, 1.54) is 16.7 Å². The number of fused-ring (bicyclic) bond motifs is 1. The predicted molar refractivity (Wildman–Crippen MR) is 162 cm³/mol. The van der Waals surface area contributed by atoms with Crippen LogP contribution in [0.15, 0.2) is 54.6 Å². The van der Waals surface area contributed by atoms with E-state index in [0.717, 1.165) is 37.1 Å². The third kappa shape index (κ3) is 6.33. The van der Waals surface area contributed by atoms with Crippen molar-refractivity contribution >= 4 is 29.0 Å². The number of aryl methyl sites for hydroxylation is 2. The van der Waals surface area contributed by atoms with Crippen LogP contribution in [-0.4, -0.2) is 50.0 Å². The SMILES string of the molecule is CCOC(=O)c1ccc(OC[C@@H]2c3cc(OC)c(OC)cc3CCN2C(=S)Nc2c(CC)cccc2CC)cc1. The van der Waals surface area contributed by atoms with Gasteiger partial charge in [0.25, 0.3) is 0 Å². The molecule has 0 aliphatic carbocycles. The average Bonchev–Trinajstić information content (AvgIpc) is 2.99. The van der Waals surface area contributed by atoms with E-state index in [0.29, 0.717) is 41.1 Å². The molecule has 1 N–H and O–H groups in total. The van der Waals surface area contributed by atoms with E-state index in [1.807, 2.05) is 12.1 Å². The molecule has 0 spiro atoms. The second-order valence-electron chi connectivity index (χ2n) is 9.51. The summed E-state index contributed by atoms with van der Waals surface area (Å²) in [6, 6.07) is 17.3. The van der Waals surface area contributed by atoms with Gasteiger partial charge in [-0.1, -0.05) is 32.0 Å². The first-order chi connectivity index (χ1) is 19.4. The number of hydrogen-bond acceptors (Lipinski definition) is 6. The fourth-order valence-electron chi connectivity index (χ4n) is 5.11. The van der Waals surface area contributed by atoms with Gasteiger partial charge >= 0.3 is 5.97 Å². The molecule has 1 heterocycles. The van der Waals surface area contributed by atoms with Gasteiger partial charge in [-0.3, -0.25) is 0 Å². The number of carbonyl (C=O) groups is 1. The Balaban J connectivity index is 1.64. The van der Waals surface area contributed by atoms with E-state index in [-0.39, 0.29) is 12.0 Å². The highest BCUT2D eigenvalue weighted by atomic mass is 32.1. The fourth-order valence-corrected chi connectivity index (χ4v) is 5.43. The lowest BCUT2D eigenvalue weighted by Crippen LogP contribution is -2.44. The van der Waals surface area contributed by atoms with Gasteiger partial charge in [0.1, 0.15) is 12.4 Å². The molecule has 0 amide bonds. The zero-order valence-electron chi connectivity index (χ0n) is 23.9. The summed E-state index contributed by atoms with van der Waals surface area (Å²) in [6.07, 6.45) is 2.62. The van der Waals surface area contributed by atoms with Crippen LogP contribution in [0.25, 0.3) is 0 Å². The Morgan fingerprint density at radius 2 is 1.62 bits per heavy atom. The molecule has 8 heteroatoms. The summed E-state index contributed by atoms with van der Waals surface area (Å²) in [4.78, 5) is 14.3. The van der Waals surface area contributed by atoms with E-state index in [1.54, 1.807) is 45.4 Å². The Kier molecular flexibility index (Phi) is 9.88. The first-order valence-electron chi connectivity index (χ1n) is 13.8. The zero-order valence-corrected chi connectivity index (χ0v) is 24.7. The highest BCUT2D eigenvalue weighted by molar-refractivity contribution is 7.80. The predicted octanol–water partition coefficient (Wildman–Crippen LogP) is 6.38. The van der Waals surface area contributed by atoms with Gasteiger partial charge in [0.15, 0.2) is 16.6 Å². The highest BCUT2D eigenvalue weighted by Crippen LogP contribution is 2.39. The van der Waals surface area contributed by atoms with E-state index in [2.05, 4.69) is 42.3 Å². The Hall–Kier alpha value is -3.78. The Labute approximate surface area is 242 Å². The number of para-hydroxylation sites is 1. The summed E-state index contributed by atoms with van der Waals surface area (Å²) in [7, 11) is 3.29. The lowest BCUT2D eigenvalue weighted by atomic mass is 9.92. The first-order valence-corrected chi connectivity index (χ1v) is 14.2. The molecular weight excluding hydrogens is 524 g/mol. The van der Waals surface area contributed by atoms with E-state index in [4.69, 9.17) is 31.2 Å². The van der Waals surface area contributed by atoms with Crippen molar-refractivity contribution in [2.24, 2.45) is 0 Å². The topological polar surface area (TPSA) is 69.3 Å². The molecule has 3 aromatic carbocycles. The van der Waals surface area contributed by atoms with Crippen molar-refractivity contribution in [1.82, 2.24) is 4.90 Å². The maximum absolute atomic E-state index is 12.1. The van der Waals surface area contributed by atoms with Crippen molar-refractivity contribution in [2.75, 3.05) is 39.3 Å². The summed E-state index contributed by atoms with van der Waals surface area (Å²) >= 11 is 6.04. The van der Waals surface area contributed by atoms with Crippen LogP contribution >= 0.6 is 12.2 Å². The normalized spacial score (nSPS) is 14.2. The molecule has 1 aliphatic heterocycles. The molecule has 3 aromatic rings. The largest absolute Gasteiger partial charge is 0.493 e. The molecule has 0 unspecified atom stereocenters. The maximum Gasteiger partial charge on any atom is 0.338 e. The van der Waals surface area contributed by atoms with Crippen LogP contribution in [0.2, 0.25) is 0 Å². The van der Waals surface area contributed by atoms with Crippen LogP contribution < -0.4 is 19.5 Å². The summed E-state index contributed by atoms with van der Waals surface area (Å²) in [5.74, 6) is 1.67. The van der Waals surface area contributed by atoms with Crippen molar-refractivity contribution in [3.63, 3.8) is 0 Å². The summed E-state index contributed by atoms with van der Waals surface area (Å²) in [5.41, 5.74) is 6.30. The number of esters is 1. The monoisotopic (exact) mass is 562 g/mol. The zero-order chi connectivity index (χ0) is 28.6. The molecular formula is C32H38N2O5S. The number of methoxy groups -OCH3 is 2. The third-order valence-electron chi connectivity index (χ3n) is 7.27. The van der Waals surface area contributed by atoms with Crippen LogP contribution in [0.4, 0.5) is 5.69 Å². The molecule has 0 bridgehead atoms. The minimum atomic E-state index is -0.349. The lowest BCUT2D eigenvalue weighted by Gasteiger charge is -2.39. The van der Waals surface area contributed by atoms with Crippen LogP contribution in [0, 0.1) is 0 Å². The minimum absolute atomic E-state index is 0.174. The minimum Gasteiger partial charge on any atom is -0.493 e. The number of benzene rings is 3. The maximum atomic E-state index is 12.1. The summed E-state index contributed by atoms with van der Waals surface area (Å²) in [5, 5.41) is 4.24. The molecule has 0 fully saturated rings. The molecule has 0 aromatic heterocycles. The number of thiocarbonyl (C=S) groups is 1. The van der Waals surface area contributed by atoms with Gasteiger partial charge in [-0.15, -0.1) is 0 Å². The van der Waals surface area contributed by atoms with Crippen molar-refractivity contribution in [2.45, 2.75) is 46.1 Å². The average molecular weight is 563 g/mol. The fraction of sp³-hybridized carbons (Fsp3) is 0.375. The van der Waals surface area contributed by atoms with Crippen LogP contribution in [0.1, 0.15) is 59.4 Å². The number of rotatable bonds is 10. The Bertz CT molecular complexity index is 1320. The molecule has 212 valence electrons. The van der Waals surface area contributed by atoms with E-state index >= 15 is 0 Å². The van der Waals surface area contributed by atoms with Gasteiger partial charge in [-0.2, -0.15) is 0 Å². The van der Waals surface area contributed by atoms with E-state index in [9.17, 15) is 4.79 Å². The number of nitrogens with one attached hydrogen (secondary N) is 1. The first kappa shape index (κ1) is 29.2. The van der Waals surface area contributed by atoms with Gasteiger partial charge in [0.05, 0.1) is 32.4 Å². The number of anilines is 1.